The van der Waals surface area contributed by atoms with Crippen LogP contribution in [0.4, 0.5) is 17.1 Å². The molecule has 0 saturated carbocycles. The Bertz CT molecular complexity index is 1110. The van der Waals surface area contributed by atoms with Crippen molar-refractivity contribution in [3.63, 3.8) is 0 Å². The Hall–Kier alpha value is -2.96. The molecule has 1 fully saturated rings. The second-order valence-corrected chi connectivity index (χ2v) is 9.23. The van der Waals surface area contributed by atoms with Crippen molar-refractivity contribution in [1.82, 2.24) is 0 Å². The highest BCUT2D eigenvalue weighted by molar-refractivity contribution is 8.00. The van der Waals surface area contributed by atoms with Crippen LogP contribution in [0.2, 0.25) is 0 Å². The van der Waals surface area contributed by atoms with Crippen LogP contribution in [0.3, 0.4) is 0 Å². The number of halogens is 1. The fourth-order valence-corrected chi connectivity index (χ4v) is 4.98. The molecule has 0 aromatic heterocycles. The van der Waals surface area contributed by atoms with Crippen LogP contribution in [0.25, 0.3) is 0 Å². The third-order valence-electron chi connectivity index (χ3n) is 5.27. The third-order valence-corrected chi connectivity index (χ3v) is 6.94. The van der Waals surface area contributed by atoms with E-state index >= 15 is 0 Å². The van der Waals surface area contributed by atoms with E-state index < -0.39 is 5.38 Å². The van der Waals surface area contributed by atoms with E-state index in [9.17, 15) is 9.59 Å². The van der Waals surface area contributed by atoms with Crippen LogP contribution in [-0.4, -0.2) is 31.7 Å². The molecule has 1 heterocycles. The molecule has 32 heavy (non-hydrogen) atoms. The third kappa shape index (κ3) is 4.76. The maximum absolute atomic E-state index is 12.7. The normalized spacial score (nSPS) is 16.7. The van der Waals surface area contributed by atoms with E-state index in [-0.39, 0.29) is 17.2 Å². The molecule has 0 radical (unpaired) electrons. The number of amides is 2. The largest absolute Gasteiger partial charge is 0.378 e. The van der Waals surface area contributed by atoms with Crippen molar-refractivity contribution in [1.29, 1.82) is 0 Å². The molecular formula is C25H24ClN3O2S. The Morgan fingerprint density at radius 3 is 2.47 bits per heavy atom. The van der Waals surface area contributed by atoms with Gasteiger partial charge in [-0.25, -0.2) is 0 Å². The summed E-state index contributed by atoms with van der Waals surface area (Å²) >= 11 is 7.93. The second-order valence-electron chi connectivity index (χ2n) is 7.73. The number of alkyl halides is 1. The van der Waals surface area contributed by atoms with E-state index in [0.29, 0.717) is 11.4 Å². The predicted octanol–water partition coefficient (Wildman–Crippen LogP) is 5.45. The summed E-state index contributed by atoms with van der Waals surface area (Å²) in [4.78, 5) is 29.2. The molecule has 0 spiro atoms. The monoisotopic (exact) mass is 465 g/mol. The molecule has 7 heteroatoms. The molecule has 1 N–H and O–H groups in total. The molecule has 3 aromatic rings. The molecular weight excluding hydrogens is 442 g/mol. The number of hydrogen-bond acceptors (Lipinski definition) is 4. The van der Waals surface area contributed by atoms with Gasteiger partial charge < -0.3 is 10.2 Å². The lowest BCUT2D eigenvalue weighted by Crippen LogP contribution is -2.28. The van der Waals surface area contributed by atoms with Gasteiger partial charge >= 0.3 is 0 Å². The fraction of sp³-hybridized carbons (Fsp3) is 0.200. The number of carbonyl (C=O) groups is 2. The summed E-state index contributed by atoms with van der Waals surface area (Å²) in [6.45, 7) is 0. The van der Waals surface area contributed by atoms with E-state index in [1.807, 2.05) is 103 Å². The van der Waals surface area contributed by atoms with Gasteiger partial charge in [-0.3, -0.25) is 14.5 Å². The molecule has 4 rings (SSSR count). The topological polar surface area (TPSA) is 52.6 Å². The van der Waals surface area contributed by atoms with Crippen LogP contribution < -0.4 is 15.1 Å². The Morgan fingerprint density at radius 2 is 1.78 bits per heavy atom. The summed E-state index contributed by atoms with van der Waals surface area (Å²) < 4.78 is 0. The fourth-order valence-electron chi connectivity index (χ4n) is 3.61. The van der Waals surface area contributed by atoms with Crippen LogP contribution in [0, 0.1) is 0 Å². The lowest BCUT2D eigenvalue weighted by molar-refractivity contribution is -0.116. The number of hydrogen-bond donors (Lipinski definition) is 1. The van der Waals surface area contributed by atoms with Gasteiger partial charge in [0.15, 0.2) is 0 Å². The van der Waals surface area contributed by atoms with Crippen LogP contribution in [0.15, 0.2) is 78.9 Å². The summed E-state index contributed by atoms with van der Waals surface area (Å²) in [5.41, 5.74) is 4.27. The van der Waals surface area contributed by atoms with Gasteiger partial charge in [-0.1, -0.05) is 42.5 Å². The van der Waals surface area contributed by atoms with Gasteiger partial charge in [0, 0.05) is 31.2 Å². The quantitative estimate of drug-likeness (QED) is 0.492. The van der Waals surface area contributed by atoms with E-state index in [2.05, 4.69) is 5.32 Å². The van der Waals surface area contributed by atoms with Crippen molar-refractivity contribution < 1.29 is 9.59 Å². The van der Waals surface area contributed by atoms with Gasteiger partial charge in [-0.2, -0.15) is 0 Å². The minimum absolute atomic E-state index is 0.0666. The average Bonchev–Trinajstić information content (AvgIpc) is 3.20. The van der Waals surface area contributed by atoms with Crippen molar-refractivity contribution in [3.05, 3.63) is 90.0 Å². The minimum atomic E-state index is -0.783. The van der Waals surface area contributed by atoms with Crippen molar-refractivity contribution in [2.75, 3.05) is 35.0 Å². The molecule has 164 valence electrons. The zero-order valence-electron chi connectivity index (χ0n) is 17.9. The van der Waals surface area contributed by atoms with Crippen LogP contribution in [0.5, 0.6) is 0 Å². The van der Waals surface area contributed by atoms with Gasteiger partial charge in [0.05, 0.1) is 5.75 Å². The lowest BCUT2D eigenvalue weighted by Gasteiger charge is -2.25. The smallest absolute Gasteiger partial charge is 0.246 e. The van der Waals surface area contributed by atoms with Gasteiger partial charge in [0.25, 0.3) is 0 Å². The minimum Gasteiger partial charge on any atom is -0.378 e. The summed E-state index contributed by atoms with van der Waals surface area (Å²) in [6, 6.07) is 24.8. The molecule has 3 aromatic carbocycles. The zero-order chi connectivity index (χ0) is 22.7. The Kier molecular flexibility index (Phi) is 6.72. The summed E-state index contributed by atoms with van der Waals surface area (Å²) in [5.74, 6) is 0.187. The number of thioether (sulfide) groups is 1. The number of benzene rings is 3. The van der Waals surface area contributed by atoms with Crippen molar-refractivity contribution in [2.45, 2.75) is 10.8 Å². The molecule has 1 aliphatic rings. The van der Waals surface area contributed by atoms with Crippen LogP contribution in [0.1, 0.15) is 21.9 Å². The molecule has 1 saturated heterocycles. The van der Waals surface area contributed by atoms with Crippen molar-refractivity contribution >= 4 is 52.2 Å². The maximum Gasteiger partial charge on any atom is 0.246 e. The first-order valence-electron chi connectivity index (χ1n) is 10.2. The highest BCUT2D eigenvalue weighted by Gasteiger charge is 2.34. The summed E-state index contributed by atoms with van der Waals surface area (Å²) in [5, 5.41) is 1.96. The van der Waals surface area contributed by atoms with Gasteiger partial charge in [0.2, 0.25) is 11.8 Å². The number of nitrogens with one attached hydrogen (secondary N) is 1. The first kappa shape index (κ1) is 22.2. The first-order valence-corrected chi connectivity index (χ1v) is 11.7. The maximum atomic E-state index is 12.7. The zero-order valence-corrected chi connectivity index (χ0v) is 19.4. The highest BCUT2D eigenvalue weighted by Crippen LogP contribution is 2.42. The van der Waals surface area contributed by atoms with Gasteiger partial charge in [-0.15, -0.1) is 23.4 Å². The summed E-state index contributed by atoms with van der Waals surface area (Å²) in [7, 11) is 3.97. The second kappa shape index (κ2) is 9.67. The molecule has 2 atom stereocenters. The van der Waals surface area contributed by atoms with E-state index in [0.717, 1.165) is 22.5 Å². The van der Waals surface area contributed by atoms with Gasteiger partial charge in [0.1, 0.15) is 10.8 Å². The SMILES string of the molecule is CN(C)c1ccc(N2C(=O)CSC2c2cccc(NC(=O)C(Cl)c3ccccc3)c2)cc1. The first-order chi connectivity index (χ1) is 15.4. The highest BCUT2D eigenvalue weighted by atomic mass is 35.5. The van der Waals surface area contributed by atoms with Crippen molar-refractivity contribution in [3.8, 4) is 0 Å². The summed E-state index contributed by atoms with van der Waals surface area (Å²) in [6.07, 6.45) is 0. The Balaban J connectivity index is 1.54. The molecule has 2 unspecified atom stereocenters. The molecule has 5 nitrogen and oxygen atoms in total. The van der Waals surface area contributed by atoms with E-state index in [1.165, 1.54) is 0 Å². The Morgan fingerprint density at radius 1 is 1.06 bits per heavy atom. The number of nitrogens with zero attached hydrogens (tertiary/aromatic N) is 2. The van der Waals surface area contributed by atoms with E-state index in [1.54, 1.807) is 11.8 Å². The molecule has 0 bridgehead atoms. The number of rotatable bonds is 6. The molecule has 1 aliphatic heterocycles. The van der Waals surface area contributed by atoms with E-state index in [4.69, 9.17) is 11.6 Å². The average molecular weight is 466 g/mol. The Labute approximate surface area is 197 Å². The molecule has 0 aliphatic carbocycles. The van der Waals surface area contributed by atoms with Crippen LogP contribution in [-0.2, 0) is 9.59 Å². The van der Waals surface area contributed by atoms with Gasteiger partial charge in [-0.05, 0) is 47.5 Å². The number of carbonyl (C=O) groups excluding carboxylic acids is 2. The lowest BCUT2D eigenvalue weighted by atomic mass is 10.1. The predicted molar refractivity (Wildman–Crippen MR) is 134 cm³/mol. The van der Waals surface area contributed by atoms with Crippen molar-refractivity contribution in [2.24, 2.45) is 0 Å². The van der Waals surface area contributed by atoms with Crippen LogP contribution >= 0.6 is 23.4 Å². The molecule has 2 amide bonds. The number of anilines is 3. The standard InChI is InChI=1S/C25H24ClN3O2S/c1-28(2)20-11-13-21(14-12-20)29-22(30)16-32-25(29)18-9-6-10-19(15-18)27-24(31)23(26)17-7-4-3-5-8-17/h3-15,23,25H,16H2,1-2H3,(H,27,31).